The first-order valence-electron chi connectivity index (χ1n) is 8.21. The zero-order chi connectivity index (χ0) is 18.6. The zero-order valence-corrected chi connectivity index (χ0v) is 15.4. The van der Waals surface area contributed by atoms with E-state index in [9.17, 15) is 18.0 Å². The van der Waals surface area contributed by atoms with Gasteiger partial charge in [0.15, 0.2) is 0 Å². The van der Waals surface area contributed by atoms with Gasteiger partial charge in [-0.25, -0.2) is 13.2 Å². The van der Waals surface area contributed by atoms with Gasteiger partial charge in [0, 0.05) is 18.8 Å². The van der Waals surface area contributed by atoms with Crippen LogP contribution in [0.15, 0.2) is 5.03 Å². The number of sulfonamides is 1. The molecule has 0 unspecified atom stereocenters. The van der Waals surface area contributed by atoms with Gasteiger partial charge in [-0.2, -0.15) is 9.40 Å². The van der Waals surface area contributed by atoms with Crippen molar-refractivity contribution in [3.63, 3.8) is 0 Å². The molecule has 0 amide bonds. The molecule has 0 aliphatic carbocycles. The number of rotatable bonds is 6. The Balaban J connectivity index is 2.30. The predicted molar refractivity (Wildman–Crippen MR) is 87.4 cm³/mol. The third-order valence-corrected chi connectivity index (χ3v) is 5.78. The summed E-state index contributed by atoms with van der Waals surface area (Å²) in [5, 5.41) is 5.96. The zero-order valence-electron chi connectivity index (χ0n) is 14.6. The summed E-state index contributed by atoms with van der Waals surface area (Å²) in [6, 6.07) is 0. The van der Waals surface area contributed by atoms with Gasteiger partial charge >= 0.3 is 11.9 Å². The van der Waals surface area contributed by atoms with Gasteiger partial charge in [0.05, 0.1) is 19.1 Å². The summed E-state index contributed by atoms with van der Waals surface area (Å²) in [4.78, 5) is 24.0. The number of nitrogens with one attached hydrogen (secondary N) is 1. The molecule has 0 saturated carbocycles. The highest BCUT2D eigenvalue weighted by atomic mass is 32.2. The molecule has 1 aromatic rings. The van der Waals surface area contributed by atoms with Crippen molar-refractivity contribution in [2.45, 2.75) is 38.6 Å². The molecule has 9 nitrogen and oxygen atoms in total. The number of nitrogens with zero attached hydrogens (tertiary/aromatic N) is 2. The van der Waals surface area contributed by atoms with Crippen LogP contribution in [-0.2, 0) is 24.3 Å². The van der Waals surface area contributed by atoms with Gasteiger partial charge in [-0.15, -0.1) is 0 Å². The highest BCUT2D eigenvalue weighted by Crippen LogP contribution is 2.26. The van der Waals surface area contributed by atoms with E-state index in [1.165, 1.54) is 4.31 Å². The molecule has 1 aromatic heterocycles. The summed E-state index contributed by atoms with van der Waals surface area (Å²) in [6.45, 7) is 5.52. The van der Waals surface area contributed by atoms with Crippen molar-refractivity contribution in [2.24, 2.45) is 5.92 Å². The van der Waals surface area contributed by atoms with Crippen molar-refractivity contribution in [3.8, 4) is 0 Å². The quantitative estimate of drug-likeness (QED) is 0.735. The van der Waals surface area contributed by atoms with Crippen molar-refractivity contribution >= 4 is 22.0 Å². The van der Waals surface area contributed by atoms with E-state index in [0.29, 0.717) is 18.5 Å². The Morgan fingerprint density at radius 2 is 1.96 bits per heavy atom. The van der Waals surface area contributed by atoms with Gasteiger partial charge in [0.1, 0.15) is 5.56 Å². The highest BCUT2D eigenvalue weighted by molar-refractivity contribution is 7.89. The fourth-order valence-electron chi connectivity index (χ4n) is 2.77. The molecule has 1 aliphatic heterocycles. The maximum absolute atomic E-state index is 12.9. The van der Waals surface area contributed by atoms with E-state index >= 15 is 0 Å². The first-order chi connectivity index (χ1) is 11.8. The standard InChI is InChI=1S/C15H23N3O6S/c1-4-23-14(19)11-7-6-8-18(9-11)25(21,22)13-12(10(3)16-17-13)15(20)24-5-2/h11H,4-9H2,1-3H3,(H,16,17)/t11-/m0/s1. The first-order valence-corrected chi connectivity index (χ1v) is 9.65. The Hall–Kier alpha value is -1.94. The van der Waals surface area contributed by atoms with E-state index < -0.39 is 27.9 Å². The third-order valence-electron chi connectivity index (χ3n) is 3.98. The molecule has 2 heterocycles. The van der Waals surface area contributed by atoms with E-state index in [1.807, 2.05) is 0 Å². The van der Waals surface area contributed by atoms with Crippen LogP contribution in [0.4, 0.5) is 0 Å². The van der Waals surface area contributed by atoms with Gasteiger partial charge in [0.25, 0.3) is 10.0 Å². The number of H-pyrrole nitrogens is 1. The third kappa shape index (κ3) is 4.01. The Labute approximate surface area is 146 Å². The Morgan fingerprint density at radius 1 is 1.28 bits per heavy atom. The second-order valence-electron chi connectivity index (χ2n) is 5.70. The fourth-order valence-corrected chi connectivity index (χ4v) is 4.42. The maximum Gasteiger partial charge on any atom is 0.343 e. The Morgan fingerprint density at radius 3 is 2.60 bits per heavy atom. The van der Waals surface area contributed by atoms with Crippen LogP contribution in [0.25, 0.3) is 0 Å². The lowest BCUT2D eigenvalue weighted by Crippen LogP contribution is -2.43. The molecule has 0 bridgehead atoms. The Bertz CT molecular complexity index is 742. The number of carbonyl (C=O) groups excluding carboxylic acids is 2. The summed E-state index contributed by atoms with van der Waals surface area (Å²) < 4.78 is 37.0. The number of aryl methyl sites for hydroxylation is 1. The maximum atomic E-state index is 12.9. The molecule has 1 saturated heterocycles. The average Bonchev–Trinajstić information content (AvgIpc) is 2.98. The number of piperidine rings is 1. The normalized spacial score (nSPS) is 18.8. The Kier molecular flexibility index (Phi) is 6.17. The number of esters is 2. The molecule has 140 valence electrons. The van der Waals surface area contributed by atoms with Crippen molar-refractivity contribution in [1.82, 2.24) is 14.5 Å². The minimum Gasteiger partial charge on any atom is -0.466 e. The van der Waals surface area contributed by atoms with Crippen LogP contribution in [0, 0.1) is 12.8 Å². The lowest BCUT2D eigenvalue weighted by Gasteiger charge is -2.30. The van der Waals surface area contributed by atoms with Crippen LogP contribution >= 0.6 is 0 Å². The molecule has 0 radical (unpaired) electrons. The summed E-state index contributed by atoms with van der Waals surface area (Å²) in [6.07, 6.45) is 1.09. The molecular formula is C15H23N3O6S. The van der Waals surface area contributed by atoms with Gasteiger partial charge in [-0.3, -0.25) is 9.89 Å². The van der Waals surface area contributed by atoms with E-state index in [0.717, 1.165) is 0 Å². The number of aromatic nitrogens is 2. The number of carbonyl (C=O) groups is 2. The van der Waals surface area contributed by atoms with Crippen molar-refractivity contribution in [3.05, 3.63) is 11.3 Å². The van der Waals surface area contributed by atoms with Gasteiger partial charge in [-0.1, -0.05) is 0 Å². The molecule has 0 aromatic carbocycles. The monoisotopic (exact) mass is 373 g/mol. The molecular weight excluding hydrogens is 350 g/mol. The lowest BCUT2D eigenvalue weighted by atomic mass is 10.0. The van der Waals surface area contributed by atoms with Gasteiger partial charge in [0.2, 0.25) is 5.03 Å². The summed E-state index contributed by atoms with van der Waals surface area (Å²) >= 11 is 0. The first kappa shape index (κ1) is 19.4. The van der Waals surface area contributed by atoms with Crippen LogP contribution in [-0.4, -0.2) is 61.2 Å². The number of aromatic amines is 1. The molecule has 10 heteroatoms. The molecule has 0 spiro atoms. The molecule has 1 aliphatic rings. The fraction of sp³-hybridized carbons (Fsp3) is 0.667. The van der Waals surface area contributed by atoms with Crippen molar-refractivity contribution < 1.29 is 27.5 Å². The minimum absolute atomic E-state index is 0.00927. The van der Waals surface area contributed by atoms with E-state index in [-0.39, 0.29) is 36.9 Å². The van der Waals surface area contributed by atoms with Crippen LogP contribution in [0.5, 0.6) is 0 Å². The summed E-state index contributed by atoms with van der Waals surface area (Å²) in [5.41, 5.74) is 0.219. The van der Waals surface area contributed by atoms with Crippen LogP contribution in [0.3, 0.4) is 0 Å². The topological polar surface area (TPSA) is 119 Å². The molecule has 2 rings (SSSR count). The largest absolute Gasteiger partial charge is 0.466 e. The second-order valence-corrected chi connectivity index (χ2v) is 7.56. The summed E-state index contributed by atoms with van der Waals surface area (Å²) in [7, 11) is -4.03. The SMILES string of the molecule is CCOC(=O)c1c(S(=O)(=O)N2CCC[C@H](C(=O)OCC)C2)n[nH]c1C. The van der Waals surface area contributed by atoms with Crippen LogP contribution in [0.1, 0.15) is 42.7 Å². The molecule has 25 heavy (non-hydrogen) atoms. The number of hydrogen-bond donors (Lipinski definition) is 1. The highest BCUT2D eigenvalue weighted by Gasteiger charge is 2.38. The van der Waals surface area contributed by atoms with Gasteiger partial charge in [-0.05, 0) is 33.6 Å². The minimum atomic E-state index is -4.03. The van der Waals surface area contributed by atoms with Crippen LogP contribution in [0.2, 0.25) is 0 Å². The lowest BCUT2D eigenvalue weighted by molar-refractivity contribution is -0.149. The molecule has 1 N–H and O–H groups in total. The smallest absolute Gasteiger partial charge is 0.343 e. The number of hydrogen-bond acceptors (Lipinski definition) is 7. The predicted octanol–water partition coefficient (Wildman–Crippen LogP) is 0.859. The van der Waals surface area contributed by atoms with Crippen molar-refractivity contribution in [1.29, 1.82) is 0 Å². The molecule has 1 atom stereocenters. The number of ether oxygens (including phenoxy) is 2. The van der Waals surface area contributed by atoms with E-state index in [4.69, 9.17) is 9.47 Å². The second kappa shape index (κ2) is 7.96. The molecule has 1 fully saturated rings. The van der Waals surface area contributed by atoms with E-state index in [1.54, 1.807) is 20.8 Å². The summed E-state index contributed by atoms with van der Waals surface area (Å²) in [5.74, 6) is -1.67. The van der Waals surface area contributed by atoms with Crippen molar-refractivity contribution in [2.75, 3.05) is 26.3 Å². The van der Waals surface area contributed by atoms with Crippen LogP contribution < -0.4 is 0 Å². The van der Waals surface area contributed by atoms with E-state index in [2.05, 4.69) is 10.2 Å². The average molecular weight is 373 g/mol. The van der Waals surface area contributed by atoms with Gasteiger partial charge < -0.3 is 9.47 Å².